The lowest BCUT2D eigenvalue weighted by molar-refractivity contribution is 0.0995. The summed E-state index contributed by atoms with van der Waals surface area (Å²) in [6, 6.07) is 0. The van der Waals surface area contributed by atoms with Gasteiger partial charge in [-0.3, -0.25) is 4.79 Å². The van der Waals surface area contributed by atoms with Gasteiger partial charge in [-0.25, -0.2) is 0 Å². The summed E-state index contributed by atoms with van der Waals surface area (Å²) in [5.41, 5.74) is 16.2. The zero-order valence-electron chi connectivity index (χ0n) is 9.11. The lowest BCUT2D eigenvalue weighted by Gasteiger charge is -2.17. The van der Waals surface area contributed by atoms with Crippen LogP contribution in [0.3, 0.4) is 0 Å². The molecule has 16 heavy (non-hydrogen) atoms. The van der Waals surface area contributed by atoms with Crippen LogP contribution in [-0.2, 0) is 0 Å². The van der Waals surface area contributed by atoms with E-state index in [2.05, 4.69) is 0 Å². The topological polar surface area (TPSA) is 136 Å². The van der Waals surface area contributed by atoms with E-state index in [1.165, 1.54) is 0 Å². The Hall–Kier alpha value is -2.11. The van der Waals surface area contributed by atoms with Crippen LogP contribution in [0.1, 0.15) is 35.7 Å². The maximum absolute atomic E-state index is 11.0. The van der Waals surface area contributed by atoms with Crippen molar-refractivity contribution in [1.29, 1.82) is 0 Å². The van der Waals surface area contributed by atoms with Gasteiger partial charge in [-0.15, -0.1) is 0 Å². The lowest BCUT2D eigenvalue weighted by Crippen LogP contribution is -2.15. The van der Waals surface area contributed by atoms with Gasteiger partial charge in [0.05, 0.1) is 11.4 Å². The summed E-state index contributed by atoms with van der Waals surface area (Å²) < 4.78 is 0. The van der Waals surface area contributed by atoms with E-state index in [0.717, 1.165) is 0 Å². The molecule has 0 saturated heterocycles. The van der Waals surface area contributed by atoms with E-state index in [0.29, 0.717) is 5.56 Å². The largest absolute Gasteiger partial charge is 0.505 e. The molecular formula is C10H15N3O3. The molecule has 6 heteroatoms. The fraction of sp³-hybridized carbons (Fsp3) is 0.300. The number of benzene rings is 1. The first-order valence-electron chi connectivity index (χ1n) is 4.71. The Labute approximate surface area is 92.7 Å². The number of amides is 1. The average Bonchev–Trinajstić information content (AvgIpc) is 2.14. The highest BCUT2D eigenvalue weighted by atomic mass is 16.3. The summed E-state index contributed by atoms with van der Waals surface area (Å²) in [6.45, 7) is 3.59. The second kappa shape index (κ2) is 3.80. The van der Waals surface area contributed by atoms with Crippen LogP contribution in [0.5, 0.6) is 11.5 Å². The molecule has 0 bridgehead atoms. The van der Waals surface area contributed by atoms with E-state index < -0.39 is 23.0 Å². The van der Waals surface area contributed by atoms with Crippen LogP contribution in [-0.4, -0.2) is 16.1 Å². The summed E-state index contributed by atoms with van der Waals surface area (Å²) in [6.07, 6.45) is 0. The molecule has 0 fully saturated rings. The first kappa shape index (κ1) is 12.0. The standard InChI is InChI=1S/C10H15N3O3/c1-3(2)4-6(11)8(14)5(10(13)16)9(15)7(4)12/h3,14-15H,11-12H2,1-2H3,(H2,13,16). The van der Waals surface area contributed by atoms with Gasteiger partial charge in [0.25, 0.3) is 5.91 Å². The van der Waals surface area contributed by atoms with Gasteiger partial charge >= 0.3 is 0 Å². The molecule has 8 N–H and O–H groups in total. The molecule has 0 aliphatic heterocycles. The third-order valence-electron chi connectivity index (χ3n) is 2.39. The van der Waals surface area contributed by atoms with E-state index >= 15 is 0 Å². The summed E-state index contributed by atoms with van der Waals surface area (Å²) in [7, 11) is 0. The van der Waals surface area contributed by atoms with Crippen molar-refractivity contribution in [3.05, 3.63) is 11.1 Å². The molecule has 1 aromatic rings. The summed E-state index contributed by atoms with van der Waals surface area (Å²) in [4.78, 5) is 11.0. The molecule has 0 unspecified atom stereocenters. The Morgan fingerprint density at radius 1 is 1.12 bits per heavy atom. The second-order valence-electron chi connectivity index (χ2n) is 3.83. The minimum atomic E-state index is -0.983. The van der Waals surface area contributed by atoms with Crippen LogP contribution in [0.2, 0.25) is 0 Å². The maximum atomic E-state index is 11.0. The molecular weight excluding hydrogens is 210 g/mol. The molecule has 1 aromatic carbocycles. The number of phenols is 2. The highest BCUT2D eigenvalue weighted by molar-refractivity contribution is 6.03. The van der Waals surface area contributed by atoms with Crippen molar-refractivity contribution in [3.63, 3.8) is 0 Å². The lowest BCUT2D eigenvalue weighted by atomic mass is 9.95. The van der Waals surface area contributed by atoms with E-state index in [4.69, 9.17) is 17.2 Å². The number of primary amides is 1. The number of nitrogen functional groups attached to an aromatic ring is 2. The van der Waals surface area contributed by atoms with Gasteiger partial charge < -0.3 is 27.4 Å². The Kier molecular flexibility index (Phi) is 2.84. The van der Waals surface area contributed by atoms with Gasteiger partial charge in [0.15, 0.2) is 11.5 Å². The first-order chi connectivity index (χ1) is 7.29. The van der Waals surface area contributed by atoms with Gasteiger partial charge in [0, 0.05) is 5.56 Å². The molecule has 0 spiro atoms. The third-order valence-corrected chi connectivity index (χ3v) is 2.39. The molecule has 0 saturated carbocycles. The number of aromatic hydroxyl groups is 2. The second-order valence-corrected chi connectivity index (χ2v) is 3.83. The number of carbonyl (C=O) groups is 1. The predicted octanol–water partition coefficient (Wildman–Crippen LogP) is 0.485. The van der Waals surface area contributed by atoms with Gasteiger partial charge in [-0.05, 0) is 5.92 Å². The van der Waals surface area contributed by atoms with E-state index in [1.54, 1.807) is 13.8 Å². The molecule has 0 radical (unpaired) electrons. The highest BCUT2D eigenvalue weighted by Gasteiger charge is 2.24. The SMILES string of the molecule is CC(C)c1c(N)c(O)c(C(N)=O)c(O)c1N. The third kappa shape index (κ3) is 1.58. The van der Waals surface area contributed by atoms with Crippen molar-refractivity contribution >= 4 is 17.3 Å². The smallest absolute Gasteiger partial charge is 0.256 e. The quantitative estimate of drug-likeness (QED) is 0.283. The Morgan fingerprint density at radius 3 is 1.75 bits per heavy atom. The zero-order chi connectivity index (χ0) is 12.6. The monoisotopic (exact) mass is 225 g/mol. The van der Waals surface area contributed by atoms with Gasteiger partial charge in [-0.1, -0.05) is 13.8 Å². The molecule has 0 heterocycles. The Bertz CT molecular complexity index is 426. The van der Waals surface area contributed by atoms with Crippen molar-refractivity contribution in [2.24, 2.45) is 5.73 Å². The van der Waals surface area contributed by atoms with E-state index in [1.807, 2.05) is 0 Å². The first-order valence-corrected chi connectivity index (χ1v) is 4.71. The van der Waals surface area contributed by atoms with E-state index in [-0.39, 0.29) is 17.3 Å². The van der Waals surface area contributed by atoms with Crippen molar-refractivity contribution < 1.29 is 15.0 Å². The molecule has 0 aliphatic carbocycles. The van der Waals surface area contributed by atoms with Gasteiger partial charge in [-0.2, -0.15) is 0 Å². The van der Waals surface area contributed by atoms with Gasteiger partial charge in [0.1, 0.15) is 5.56 Å². The van der Waals surface area contributed by atoms with Crippen molar-refractivity contribution in [3.8, 4) is 11.5 Å². The molecule has 6 nitrogen and oxygen atoms in total. The normalized spacial score (nSPS) is 10.7. The Balaban J connectivity index is 3.70. The molecule has 1 rings (SSSR count). The van der Waals surface area contributed by atoms with Crippen LogP contribution in [0, 0.1) is 0 Å². The highest BCUT2D eigenvalue weighted by Crippen LogP contribution is 2.44. The van der Waals surface area contributed by atoms with Gasteiger partial charge in [0.2, 0.25) is 0 Å². The van der Waals surface area contributed by atoms with Crippen molar-refractivity contribution in [2.75, 3.05) is 11.5 Å². The number of carbonyl (C=O) groups excluding carboxylic acids is 1. The van der Waals surface area contributed by atoms with E-state index in [9.17, 15) is 15.0 Å². The molecule has 88 valence electrons. The van der Waals surface area contributed by atoms with Crippen LogP contribution < -0.4 is 17.2 Å². The minimum absolute atomic E-state index is 0.0286. The zero-order valence-corrected chi connectivity index (χ0v) is 9.11. The molecule has 0 aromatic heterocycles. The number of hydrogen-bond donors (Lipinski definition) is 5. The molecule has 0 aliphatic rings. The van der Waals surface area contributed by atoms with Crippen molar-refractivity contribution in [2.45, 2.75) is 19.8 Å². The molecule has 1 amide bonds. The van der Waals surface area contributed by atoms with Crippen LogP contribution in [0.15, 0.2) is 0 Å². The molecule has 0 atom stereocenters. The fourth-order valence-electron chi connectivity index (χ4n) is 1.64. The van der Waals surface area contributed by atoms with Crippen LogP contribution >= 0.6 is 0 Å². The summed E-state index contributed by atoms with van der Waals surface area (Å²) in [5, 5.41) is 19.3. The van der Waals surface area contributed by atoms with Crippen LogP contribution in [0.25, 0.3) is 0 Å². The number of rotatable bonds is 2. The van der Waals surface area contributed by atoms with Crippen LogP contribution in [0.4, 0.5) is 11.4 Å². The number of nitrogens with two attached hydrogens (primary N) is 3. The number of anilines is 2. The summed E-state index contributed by atoms with van der Waals surface area (Å²) >= 11 is 0. The maximum Gasteiger partial charge on any atom is 0.256 e. The average molecular weight is 225 g/mol. The predicted molar refractivity (Wildman–Crippen MR) is 61.2 cm³/mol. The Morgan fingerprint density at radius 2 is 1.50 bits per heavy atom. The van der Waals surface area contributed by atoms with Crippen molar-refractivity contribution in [1.82, 2.24) is 0 Å². The summed E-state index contributed by atoms with van der Waals surface area (Å²) in [5.74, 6) is -2.13. The minimum Gasteiger partial charge on any atom is -0.505 e. The number of hydrogen-bond acceptors (Lipinski definition) is 5. The fourth-order valence-corrected chi connectivity index (χ4v) is 1.64.